The van der Waals surface area contributed by atoms with E-state index in [-0.39, 0.29) is 11.7 Å². The Balaban J connectivity index is 1.88. The van der Waals surface area contributed by atoms with E-state index in [1.165, 1.54) is 57.8 Å². The molecule has 150 valence electrons. The molecule has 27 heavy (non-hydrogen) atoms. The van der Waals surface area contributed by atoms with Gasteiger partial charge >= 0.3 is 0 Å². The van der Waals surface area contributed by atoms with Crippen molar-refractivity contribution in [3.05, 3.63) is 24.3 Å². The lowest BCUT2D eigenvalue weighted by atomic mass is 10.1. The molecule has 0 heterocycles. The summed E-state index contributed by atoms with van der Waals surface area (Å²) < 4.78 is 0. The van der Waals surface area contributed by atoms with E-state index in [1.807, 2.05) is 0 Å². The number of hydrogen-bond acceptors (Lipinski definition) is 2. The Morgan fingerprint density at radius 2 is 1.33 bits per heavy atom. The minimum Gasteiger partial charge on any atom is -0.508 e. The van der Waals surface area contributed by atoms with Crippen LogP contribution in [-0.4, -0.2) is 11.0 Å². The second-order valence-corrected chi connectivity index (χ2v) is 7.23. The summed E-state index contributed by atoms with van der Waals surface area (Å²) in [4.78, 5) is 11.8. The van der Waals surface area contributed by atoms with Crippen molar-refractivity contribution in [2.75, 3.05) is 5.32 Å². The van der Waals surface area contributed by atoms with Crippen LogP contribution in [0.5, 0.6) is 5.75 Å². The average molecular weight is 372 g/mol. The molecule has 0 aliphatic heterocycles. The third kappa shape index (κ3) is 13.9. The first-order valence-electron chi connectivity index (χ1n) is 10.8. The summed E-state index contributed by atoms with van der Waals surface area (Å²) in [5.41, 5.74) is 0.734. The SMILES string of the molecule is CCCCCCCCC#CCCCCCCCC(=O)Nc1ccc(O)cc1. The first-order valence-corrected chi connectivity index (χ1v) is 10.8. The second kappa shape index (κ2) is 16.2. The van der Waals surface area contributed by atoms with Crippen LogP contribution >= 0.6 is 0 Å². The highest BCUT2D eigenvalue weighted by Gasteiger charge is 2.02. The fourth-order valence-corrected chi connectivity index (χ4v) is 2.97. The van der Waals surface area contributed by atoms with Gasteiger partial charge in [0, 0.05) is 24.9 Å². The number of aromatic hydroxyl groups is 1. The molecule has 0 saturated carbocycles. The van der Waals surface area contributed by atoms with E-state index in [4.69, 9.17) is 0 Å². The van der Waals surface area contributed by atoms with Gasteiger partial charge in [0.25, 0.3) is 0 Å². The van der Waals surface area contributed by atoms with Crippen LogP contribution < -0.4 is 5.32 Å². The Bertz CT molecular complexity index is 554. The molecule has 0 aliphatic rings. The largest absolute Gasteiger partial charge is 0.508 e. The van der Waals surface area contributed by atoms with Gasteiger partial charge in [0.15, 0.2) is 0 Å². The minimum atomic E-state index is 0.0428. The van der Waals surface area contributed by atoms with Crippen LogP contribution in [0.3, 0.4) is 0 Å². The number of benzene rings is 1. The number of anilines is 1. The maximum Gasteiger partial charge on any atom is 0.224 e. The smallest absolute Gasteiger partial charge is 0.224 e. The van der Waals surface area contributed by atoms with E-state index in [0.29, 0.717) is 6.42 Å². The van der Waals surface area contributed by atoms with E-state index >= 15 is 0 Å². The Hall–Kier alpha value is -1.95. The van der Waals surface area contributed by atoms with Crippen molar-refractivity contribution in [3.8, 4) is 17.6 Å². The normalized spacial score (nSPS) is 10.3. The topological polar surface area (TPSA) is 49.3 Å². The van der Waals surface area contributed by atoms with Crippen molar-refractivity contribution in [2.45, 2.75) is 96.8 Å². The lowest BCUT2D eigenvalue weighted by Crippen LogP contribution is -2.10. The van der Waals surface area contributed by atoms with Crippen molar-refractivity contribution in [3.63, 3.8) is 0 Å². The van der Waals surface area contributed by atoms with Crippen molar-refractivity contribution in [1.29, 1.82) is 0 Å². The molecular formula is C24H37NO2. The first kappa shape index (κ1) is 23.1. The molecule has 0 atom stereocenters. The maximum atomic E-state index is 11.8. The number of hydrogen-bond donors (Lipinski definition) is 2. The van der Waals surface area contributed by atoms with Crippen molar-refractivity contribution in [1.82, 2.24) is 0 Å². The van der Waals surface area contributed by atoms with Crippen LogP contribution in [0.25, 0.3) is 0 Å². The first-order chi connectivity index (χ1) is 13.2. The third-order valence-corrected chi connectivity index (χ3v) is 4.64. The molecule has 0 bridgehead atoms. The van der Waals surface area contributed by atoms with Gasteiger partial charge in [-0.2, -0.15) is 0 Å². The molecule has 0 saturated heterocycles. The summed E-state index contributed by atoms with van der Waals surface area (Å²) in [6.45, 7) is 2.25. The third-order valence-electron chi connectivity index (χ3n) is 4.64. The van der Waals surface area contributed by atoms with E-state index in [1.54, 1.807) is 24.3 Å². The highest BCUT2D eigenvalue weighted by atomic mass is 16.3. The Kier molecular flexibility index (Phi) is 13.9. The molecule has 0 radical (unpaired) electrons. The molecule has 1 amide bonds. The average Bonchev–Trinajstić information content (AvgIpc) is 2.66. The van der Waals surface area contributed by atoms with E-state index in [2.05, 4.69) is 24.1 Å². The van der Waals surface area contributed by atoms with Gasteiger partial charge in [0.1, 0.15) is 5.75 Å². The number of carbonyl (C=O) groups is 1. The van der Waals surface area contributed by atoms with Crippen molar-refractivity contribution < 1.29 is 9.90 Å². The summed E-state index contributed by atoms with van der Waals surface area (Å²) in [5, 5.41) is 12.1. The lowest BCUT2D eigenvalue weighted by molar-refractivity contribution is -0.116. The number of carbonyl (C=O) groups excluding carboxylic acids is 1. The fraction of sp³-hybridized carbons (Fsp3) is 0.625. The summed E-state index contributed by atoms with van der Waals surface area (Å²) in [6, 6.07) is 6.57. The number of nitrogens with one attached hydrogen (secondary N) is 1. The van der Waals surface area contributed by atoms with E-state index in [0.717, 1.165) is 31.4 Å². The van der Waals surface area contributed by atoms with Gasteiger partial charge in [-0.15, -0.1) is 11.8 Å². The Labute approximate surface area is 166 Å². The molecule has 1 aromatic carbocycles. The summed E-state index contributed by atoms with van der Waals surface area (Å²) in [5.74, 6) is 6.85. The number of phenols is 1. The number of amides is 1. The maximum absolute atomic E-state index is 11.8. The van der Waals surface area contributed by atoms with Crippen LogP contribution in [0.2, 0.25) is 0 Å². The van der Waals surface area contributed by atoms with Crippen molar-refractivity contribution in [2.24, 2.45) is 0 Å². The fourth-order valence-electron chi connectivity index (χ4n) is 2.97. The van der Waals surface area contributed by atoms with Gasteiger partial charge in [0.2, 0.25) is 5.91 Å². The van der Waals surface area contributed by atoms with Crippen LogP contribution in [0.4, 0.5) is 5.69 Å². The quantitative estimate of drug-likeness (QED) is 0.214. The van der Waals surface area contributed by atoms with Crippen LogP contribution in [-0.2, 0) is 4.79 Å². The zero-order chi connectivity index (χ0) is 19.6. The second-order valence-electron chi connectivity index (χ2n) is 7.23. The molecule has 0 unspecified atom stereocenters. The van der Waals surface area contributed by atoms with Crippen molar-refractivity contribution >= 4 is 11.6 Å². The van der Waals surface area contributed by atoms with Gasteiger partial charge in [-0.1, -0.05) is 58.3 Å². The highest BCUT2D eigenvalue weighted by molar-refractivity contribution is 5.90. The number of phenolic OH excluding ortho intramolecular Hbond substituents is 1. The molecular weight excluding hydrogens is 334 g/mol. The predicted molar refractivity (Wildman–Crippen MR) is 115 cm³/mol. The monoisotopic (exact) mass is 371 g/mol. The molecule has 0 spiro atoms. The van der Waals surface area contributed by atoms with Gasteiger partial charge in [0.05, 0.1) is 0 Å². The number of rotatable bonds is 14. The Morgan fingerprint density at radius 1 is 0.815 bits per heavy atom. The zero-order valence-electron chi connectivity index (χ0n) is 17.1. The van der Waals surface area contributed by atoms with E-state index < -0.39 is 0 Å². The summed E-state index contributed by atoms with van der Waals surface area (Å²) >= 11 is 0. The van der Waals surface area contributed by atoms with Gasteiger partial charge in [-0.25, -0.2) is 0 Å². The molecule has 2 N–H and O–H groups in total. The molecule has 1 aromatic rings. The van der Waals surface area contributed by atoms with Crippen LogP contribution in [0.1, 0.15) is 96.8 Å². The van der Waals surface area contributed by atoms with Gasteiger partial charge in [-0.05, 0) is 43.5 Å². The summed E-state index contributed by atoms with van der Waals surface area (Å²) in [6.07, 6.45) is 16.2. The minimum absolute atomic E-state index is 0.0428. The Morgan fingerprint density at radius 3 is 1.93 bits per heavy atom. The predicted octanol–water partition coefficient (Wildman–Crippen LogP) is 6.82. The van der Waals surface area contributed by atoms with Crippen LogP contribution in [0, 0.1) is 11.8 Å². The summed E-state index contributed by atoms with van der Waals surface area (Å²) in [7, 11) is 0. The highest BCUT2D eigenvalue weighted by Crippen LogP contribution is 2.14. The molecule has 1 rings (SSSR count). The van der Waals surface area contributed by atoms with E-state index in [9.17, 15) is 9.90 Å². The van der Waals surface area contributed by atoms with Crippen LogP contribution in [0.15, 0.2) is 24.3 Å². The lowest BCUT2D eigenvalue weighted by Gasteiger charge is -2.05. The van der Waals surface area contributed by atoms with Gasteiger partial charge in [-0.3, -0.25) is 4.79 Å². The molecule has 3 heteroatoms. The standard InChI is InChI=1S/C24H37NO2/c1-2-3-4-5-6-7-8-9-10-11-12-13-14-15-16-17-24(27)25-22-18-20-23(26)21-19-22/h18-21,26H,2-8,11-17H2,1H3,(H,25,27). The molecule has 0 fully saturated rings. The molecule has 0 aromatic heterocycles. The number of unbranched alkanes of at least 4 members (excludes halogenated alkanes) is 11. The van der Waals surface area contributed by atoms with Gasteiger partial charge < -0.3 is 10.4 Å². The molecule has 0 aliphatic carbocycles. The molecule has 3 nitrogen and oxygen atoms in total. The zero-order valence-corrected chi connectivity index (χ0v) is 17.1.